The fourth-order valence-electron chi connectivity index (χ4n) is 3.47. The molecule has 2 heterocycles. The van der Waals surface area contributed by atoms with Crippen molar-refractivity contribution in [3.63, 3.8) is 0 Å². The Hall–Kier alpha value is -0.870. The molecule has 1 amide bonds. The molecule has 0 bridgehead atoms. The minimum Gasteiger partial charge on any atom is -0.335 e. The molecule has 0 aromatic carbocycles. The van der Waals surface area contributed by atoms with Gasteiger partial charge in [-0.1, -0.05) is 31.7 Å². The van der Waals surface area contributed by atoms with E-state index in [1.807, 2.05) is 22.4 Å². The van der Waals surface area contributed by atoms with Crippen LogP contribution in [0.5, 0.6) is 0 Å². The molecule has 110 valence electrons. The average molecular weight is 292 g/mol. The maximum absolute atomic E-state index is 12.3. The van der Waals surface area contributed by atoms with E-state index in [4.69, 9.17) is 0 Å². The summed E-state index contributed by atoms with van der Waals surface area (Å²) < 4.78 is 0. The zero-order valence-corrected chi connectivity index (χ0v) is 12.9. The molecule has 1 aromatic heterocycles. The lowest BCUT2D eigenvalue weighted by Gasteiger charge is -2.39. The molecule has 3 nitrogen and oxygen atoms in total. The summed E-state index contributed by atoms with van der Waals surface area (Å²) in [6.45, 7) is 3.91. The monoisotopic (exact) mass is 292 g/mol. The van der Waals surface area contributed by atoms with Gasteiger partial charge in [0.05, 0.1) is 4.88 Å². The maximum atomic E-state index is 12.3. The molecule has 0 spiro atoms. The Kier molecular flexibility index (Phi) is 4.73. The van der Waals surface area contributed by atoms with Crippen LogP contribution in [0.25, 0.3) is 0 Å². The van der Waals surface area contributed by atoms with Gasteiger partial charge in [0.25, 0.3) is 5.91 Å². The van der Waals surface area contributed by atoms with Gasteiger partial charge >= 0.3 is 0 Å². The van der Waals surface area contributed by atoms with Gasteiger partial charge in [0.1, 0.15) is 0 Å². The smallest absolute Gasteiger partial charge is 0.264 e. The van der Waals surface area contributed by atoms with Crippen LogP contribution >= 0.6 is 11.3 Å². The molecular formula is C16H24N2OS. The van der Waals surface area contributed by atoms with E-state index < -0.39 is 0 Å². The summed E-state index contributed by atoms with van der Waals surface area (Å²) >= 11 is 1.55. The Morgan fingerprint density at radius 2 is 1.75 bits per heavy atom. The fourth-order valence-corrected chi connectivity index (χ4v) is 4.16. The number of thiophene rings is 1. The van der Waals surface area contributed by atoms with Crippen molar-refractivity contribution in [1.29, 1.82) is 0 Å². The molecule has 1 aliphatic carbocycles. The number of piperazine rings is 1. The van der Waals surface area contributed by atoms with E-state index in [1.165, 1.54) is 38.5 Å². The zero-order chi connectivity index (χ0) is 13.8. The maximum Gasteiger partial charge on any atom is 0.264 e. The number of hydrogen-bond acceptors (Lipinski definition) is 3. The molecule has 1 saturated carbocycles. The Balaban J connectivity index is 1.52. The highest BCUT2D eigenvalue weighted by Crippen LogP contribution is 2.23. The van der Waals surface area contributed by atoms with E-state index in [-0.39, 0.29) is 5.91 Å². The number of amides is 1. The van der Waals surface area contributed by atoms with Crippen LogP contribution in [0.15, 0.2) is 17.5 Å². The molecule has 0 N–H and O–H groups in total. The van der Waals surface area contributed by atoms with E-state index >= 15 is 0 Å². The zero-order valence-electron chi connectivity index (χ0n) is 12.1. The molecule has 0 unspecified atom stereocenters. The van der Waals surface area contributed by atoms with E-state index in [0.717, 1.165) is 37.1 Å². The predicted octanol–water partition coefficient (Wildman–Crippen LogP) is 3.23. The molecule has 0 atom stereocenters. The molecule has 4 heteroatoms. The largest absolute Gasteiger partial charge is 0.335 e. The molecule has 0 radical (unpaired) electrons. The number of hydrogen-bond donors (Lipinski definition) is 0. The highest BCUT2D eigenvalue weighted by molar-refractivity contribution is 7.12. The Morgan fingerprint density at radius 1 is 1.05 bits per heavy atom. The highest BCUT2D eigenvalue weighted by Gasteiger charge is 2.27. The second-order valence-corrected chi connectivity index (χ2v) is 6.90. The normalized spacial score (nSPS) is 22.7. The van der Waals surface area contributed by atoms with Crippen LogP contribution in [0.2, 0.25) is 0 Å². The summed E-state index contributed by atoms with van der Waals surface area (Å²) in [5.41, 5.74) is 0. The molecule has 1 aliphatic heterocycles. The summed E-state index contributed by atoms with van der Waals surface area (Å²) in [5.74, 6) is 0.223. The SMILES string of the molecule is O=C(c1cccs1)N1CCN(C2CCCCCC2)CC1. The predicted molar refractivity (Wildman–Crippen MR) is 83.3 cm³/mol. The lowest BCUT2D eigenvalue weighted by Crippen LogP contribution is -2.51. The quantitative estimate of drug-likeness (QED) is 0.781. The van der Waals surface area contributed by atoms with Crippen molar-refractivity contribution in [3.05, 3.63) is 22.4 Å². The van der Waals surface area contributed by atoms with E-state index in [0.29, 0.717) is 0 Å². The minimum atomic E-state index is 0.223. The van der Waals surface area contributed by atoms with Crippen molar-refractivity contribution in [2.24, 2.45) is 0 Å². The van der Waals surface area contributed by atoms with Gasteiger partial charge in [0, 0.05) is 32.2 Å². The van der Waals surface area contributed by atoms with Crippen LogP contribution in [0.1, 0.15) is 48.2 Å². The van der Waals surface area contributed by atoms with Crippen LogP contribution in [-0.2, 0) is 0 Å². The molecule has 20 heavy (non-hydrogen) atoms. The Morgan fingerprint density at radius 3 is 2.35 bits per heavy atom. The van der Waals surface area contributed by atoms with Crippen LogP contribution in [-0.4, -0.2) is 47.9 Å². The van der Waals surface area contributed by atoms with Crippen LogP contribution in [0.3, 0.4) is 0 Å². The third kappa shape index (κ3) is 3.23. The van der Waals surface area contributed by atoms with Crippen molar-refractivity contribution in [1.82, 2.24) is 9.80 Å². The van der Waals surface area contributed by atoms with Crippen molar-refractivity contribution >= 4 is 17.2 Å². The van der Waals surface area contributed by atoms with E-state index in [1.54, 1.807) is 11.3 Å². The Labute approximate surface area is 125 Å². The van der Waals surface area contributed by atoms with Gasteiger partial charge < -0.3 is 4.90 Å². The first-order valence-corrected chi connectivity index (χ1v) is 8.79. The molecule has 1 saturated heterocycles. The topological polar surface area (TPSA) is 23.6 Å². The summed E-state index contributed by atoms with van der Waals surface area (Å²) in [6.07, 6.45) is 8.32. The third-order valence-corrected chi connectivity index (χ3v) is 5.53. The van der Waals surface area contributed by atoms with Crippen molar-refractivity contribution in [2.75, 3.05) is 26.2 Å². The minimum absolute atomic E-state index is 0.223. The first-order chi connectivity index (χ1) is 9.84. The van der Waals surface area contributed by atoms with Crippen molar-refractivity contribution < 1.29 is 4.79 Å². The Bertz CT molecular complexity index is 416. The van der Waals surface area contributed by atoms with Gasteiger partial charge in [-0.15, -0.1) is 11.3 Å². The standard InChI is InChI=1S/C16H24N2OS/c19-16(15-8-5-13-20-15)18-11-9-17(10-12-18)14-6-3-1-2-4-7-14/h5,8,13-14H,1-4,6-7,9-12H2. The molecule has 3 rings (SSSR count). The van der Waals surface area contributed by atoms with Crippen LogP contribution in [0.4, 0.5) is 0 Å². The van der Waals surface area contributed by atoms with Gasteiger partial charge in [0.2, 0.25) is 0 Å². The first kappa shape index (κ1) is 14.1. The summed E-state index contributed by atoms with van der Waals surface area (Å²) in [6, 6.07) is 4.67. The summed E-state index contributed by atoms with van der Waals surface area (Å²) in [5, 5.41) is 1.98. The van der Waals surface area contributed by atoms with Gasteiger partial charge in [0.15, 0.2) is 0 Å². The number of carbonyl (C=O) groups is 1. The van der Waals surface area contributed by atoms with E-state index in [2.05, 4.69) is 4.90 Å². The third-order valence-electron chi connectivity index (χ3n) is 4.67. The van der Waals surface area contributed by atoms with Gasteiger partial charge in [-0.05, 0) is 24.3 Å². The fraction of sp³-hybridized carbons (Fsp3) is 0.688. The second-order valence-electron chi connectivity index (χ2n) is 5.95. The van der Waals surface area contributed by atoms with Crippen LogP contribution in [0, 0.1) is 0 Å². The van der Waals surface area contributed by atoms with Crippen molar-refractivity contribution in [2.45, 2.75) is 44.6 Å². The highest BCUT2D eigenvalue weighted by atomic mass is 32.1. The summed E-state index contributed by atoms with van der Waals surface area (Å²) in [4.78, 5) is 17.9. The molecule has 2 fully saturated rings. The van der Waals surface area contributed by atoms with E-state index in [9.17, 15) is 4.79 Å². The summed E-state index contributed by atoms with van der Waals surface area (Å²) in [7, 11) is 0. The molecule has 1 aromatic rings. The van der Waals surface area contributed by atoms with Gasteiger partial charge in [-0.3, -0.25) is 9.69 Å². The van der Waals surface area contributed by atoms with Gasteiger partial charge in [-0.25, -0.2) is 0 Å². The molecular weight excluding hydrogens is 268 g/mol. The number of carbonyl (C=O) groups excluding carboxylic acids is 1. The van der Waals surface area contributed by atoms with Crippen LogP contribution < -0.4 is 0 Å². The lowest BCUT2D eigenvalue weighted by atomic mass is 10.1. The number of nitrogens with zero attached hydrogens (tertiary/aromatic N) is 2. The molecule has 2 aliphatic rings. The van der Waals surface area contributed by atoms with Gasteiger partial charge in [-0.2, -0.15) is 0 Å². The second kappa shape index (κ2) is 6.72. The number of rotatable bonds is 2. The van der Waals surface area contributed by atoms with Crippen molar-refractivity contribution in [3.8, 4) is 0 Å². The lowest BCUT2D eigenvalue weighted by molar-refractivity contribution is 0.0556. The first-order valence-electron chi connectivity index (χ1n) is 7.91. The average Bonchev–Trinajstić information content (AvgIpc) is 2.89.